The van der Waals surface area contributed by atoms with Gasteiger partial charge < -0.3 is 5.73 Å². The zero-order valence-corrected chi connectivity index (χ0v) is 7.06. The maximum atomic E-state index is 5.77. The van der Waals surface area contributed by atoms with Crippen LogP contribution in [0, 0.1) is 5.41 Å². The van der Waals surface area contributed by atoms with Crippen LogP contribution in [0.25, 0.3) is 0 Å². The summed E-state index contributed by atoms with van der Waals surface area (Å²) < 4.78 is 0. The lowest BCUT2D eigenvalue weighted by Gasteiger charge is -2.20. The first kappa shape index (κ1) is 6.52. The summed E-state index contributed by atoms with van der Waals surface area (Å²) in [4.78, 5) is 0. The topological polar surface area (TPSA) is 54.7 Å². The van der Waals surface area contributed by atoms with Gasteiger partial charge in [-0.15, -0.1) is 0 Å². The molecule has 3 rings (SSSR count). The highest BCUT2D eigenvalue weighted by atomic mass is 15.2. The minimum absolute atomic E-state index is 0.644. The summed E-state index contributed by atoms with van der Waals surface area (Å²) in [6.07, 6.45) is 6.46. The van der Waals surface area contributed by atoms with Gasteiger partial charge in [-0.25, -0.2) is 0 Å². The summed E-state index contributed by atoms with van der Waals surface area (Å²) in [7, 11) is 0. The van der Waals surface area contributed by atoms with Crippen LogP contribution in [-0.2, 0) is 12.8 Å². The summed E-state index contributed by atoms with van der Waals surface area (Å²) in [6, 6.07) is 0. The minimum atomic E-state index is 0.644. The summed E-state index contributed by atoms with van der Waals surface area (Å²) in [5, 5.41) is 7.06. The molecule has 0 aromatic carbocycles. The first-order valence-corrected chi connectivity index (χ1v) is 4.61. The highest BCUT2D eigenvalue weighted by Gasteiger charge is 2.45. The number of nitrogens with one attached hydrogen (secondary N) is 1. The van der Waals surface area contributed by atoms with Gasteiger partial charge in [-0.05, 0) is 37.5 Å². The van der Waals surface area contributed by atoms with Crippen LogP contribution in [0.1, 0.15) is 30.5 Å². The van der Waals surface area contributed by atoms with E-state index in [4.69, 9.17) is 5.73 Å². The molecular weight excluding hydrogens is 150 g/mol. The van der Waals surface area contributed by atoms with E-state index in [2.05, 4.69) is 10.2 Å². The zero-order valence-electron chi connectivity index (χ0n) is 7.06. The van der Waals surface area contributed by atoms with Crippen LogP contribution in [0.4, 0.5) is 5.82 Å². The molecule has 0 saturated heterocycles. The molecule has 0 aliphatic heterocycles. The smallest absolute Gasteiger partial charge is 0.148 e. The molecule has 1 fully saturated rings. The molecule has 1 saturated carbocycles. The molecule has 1 aromatic rings. The van der Waals surface area contributed by atoms with Gasteiger partial charge in [-0.2, -0.15) is 5.10 Å². The average molecular weight is 163 g/mol. The van der Waals surface area contributed by atoms with Crippen LogP contribution < -0.4 is 5.73 Å². The van der Waals surface area contributed by atoms with Crippen molar-refractivity contribution in [2.24, 2.45) is 5.41 Å². The van der Waals surface area contributed by atoms with Crippen molar-refractivity contribution in [1.82, 2.24) is 10.2 Å². The van der Waals surface area contributed by atoms with Crippen LogP contribution in [0.15, 0.2) is 0 Å². The third-order valence-electron chi connectivity index (χ3n) is 3.40. The van der Waals surface area contributed by atoms with Crippen molar-refractivity contribution in [3.8, 4) is 0 Å². The molecule has 3 N–H and O–H groups in total. The van der Waals surface area contributed by atoms with E-state index >= 15 is 0 Å². The van der Waals surface area contributed by atoms with E-state index in [1.165, 1.54) is 36.9 Å². The van der Waals surface area contributed by atoms with Crippen LogP contribution in [0.5, 0.6) is 0 Å². The Kier molecular flexibility index (Phi) is 1.000. The molecule has 1 aromatic heterocycles. The lowest BCUT2D eigenvalue weighted by molar-refractivity contribution is 0.436. The van der Waals surface area contributed by atoms with Crippen LogP contribution >= 0.6 is 0 Å². The number of nitrogens with zero attached hydrogens (tertiary/aromatic N) is 1. The normalized spacial score (nSPS) is 24.0. The molecule has 3 heteroatoms. The maximum absolute atomic E-state index is 5.77. The molecule has 0 amide bonds. The minimum Gasteiger partial charge on any atom is -0.382 e. The van der Waals surface area contributed by atoms with Crippen LogP contribution in [0.2, 0.25) is 0 Å². The molecule has 2 aliphatic rings. The summed E-state index contributed by atoms with van der Waals surface area (Å²) in [5.41, 5.74) is 9.00. The fourth-order valence-electron chi connectivity index (χ4n) is 2.28. The predicted molar refractivity (Wildman–Crippen MR) is 46.7 cm³/mol. The number of fused-ring (bicyclic) bond motifs is 1. The summed E-state index contributed by atoms with van der Waals surface area (Å²) in [5.74, 6) is 0.732. The molecule has 0 bridgehead atoms. The SMILES string of the molecule is Nc1n[nH]c2c1CC1(CC2)CC1. The quantitative estimate of drug-likeness (QED) is 0.605. The van der Waals surface area contributed by atoms with Gasteiger partial charge in [0.05, 0.1) is 0 Å². The van der Waals surface area contributed by atoms with Crippen molar-refractivity contribution in [2.45, 2.75) is 32.1 Å². The van der Waals surface area contributed by atoms with Gasteiger partial charge in [-0.1, -0.05) is 0 Å². The number of H-pyrrole nitrogens is 1. The van der Waals surface area contributed by atoms with E-state index in [9.17, 15) is 0 Å². The van der Waals surface area contributed by atoms with Crippen LogP contribution in [-0.4, -0.2) is 10.2 Å². The van der Waals surface area contributed by atoms with Gasteiger partial charge in [0.2, 0.25) is 0 Å². The zero-order chi connectivity index (χ0) is 8.18. The van der Waals surface area contributed by atoms with E-state index in [0.29, 0.717) is 5.41 Å². The van der Waals surface area contributed by atoms with Crippen molar-refractivity contribution in [3.63, 3.8) is 0 Å². The highest BCUT2D eigenvalue weighted by Crippen LogP contribution is 2.55. The van der Waals surface area contributed by atoms with Crippen molar-refractivity contribution in [2.75, 3.05) is 5.73 Å². The number of hydrogen-bond acceptors (Lipinski definition) is 2. The number of aryl methyl sites for hydroxylation is 1. The van der Waals surface area contributed by atoms with E-state index in [1.54, 1.807) is 0 Å². The Hall–Kier alpha value is -0.990. The molecule has 12 heavy (non-hydrogen) atoms. The number of hydrogen-bond donors (Lipinski definition) is 2. The number of anilines is 1. The fourth-order valence-corrected chi connectivity index (χ4v) is 2.28. The lowest BCUT2D eigenvalue weighted by atomic mass is 9.85. The van der Waals surface area contributed by atoms with Gasteiger partial charge >= 0.3 is 0 Å². The van der Waals surface area contributed by atoms with Gasteiger partial charge in [0.25, 0.3) is 0 Å². The molecule has 1 spiro atoms. The monoisotopic (exact) mass is 163 g/mol. The first-order chi connectivity index (χ1) is 5.79. The molecule has 0 atom stereocenters. The molecular formula is C9H13N3. The average Bonchev–Trinajstić information content (AvgIpc) is 2.73. The van der Waals surface area contributed by atoms with Crippen molar-refractivity contribution in [1.29, 1.82) is 0 Å². The Bertz CT molecular complexity index is 323. The Morgan fingerprint density at radius 1 is 1.33 bits per heavy atom. The molecule has 64 valence electrons. The Morgan fingerprint density at radius 3 is 2.92 bits per heavy atom. The van der Waals surface area contributed by atoms with E-state index in [1.807, 2.05) is 0 Å². The summed E-state index contributed by atoms with van der Waals surface area (Å²) in [6.45, 7) is 0. The Morgan fingerprint density at radius 2 is 2.17 bits per heavy atom. The number of aromatic amines is 1. The largest absolute Gasteiger partial charge is 0.382 e. The van der Waals surface area contributed by atoms with E-state index in [-0.39, 0.29) is 0 Å². The lowest BCUT2D eigenvalue weighted by Crippen LogP contribution is -2.14. The van der Waals surface area contributed by atoms with Crippen LogP contribution in [0.3, 0.4) is 0 Å². The molecule has 0 radical (unpaired) electrons. The van der Waals surface area contributed by atoms with Gasteiger partial charge in [0.15, 0.2) is 0 Å². The third-order valence-corrected chi connectivity index (χ3v) is 3.40. The van der Waals surface area contributed by atoms with E-state index < -0.39 is 0 Å². The first-order valence-electron chi connectivity index (χ1n) is 4.61. The van der Waals surface area contributed by atoms with Gasteiger partial charge in [0.1, 0.15) is 5.82 Å². The van der Waals surface area contributed by atoms with Crippen molar-refractivity contribution >= 4 is 5.82 Å². The van der Waals surface area contributed by atoms with Gasteiger partial charge in [0, 0.05) is 11.3 Å². The molecule has 3 nitrogen and oxygen atoms in total. The predicted octanol–water partition coefficient (Wildman–Crippen LogP) is 1.26. The third kappa shape index (κ3) is 0.737. The fraction of sp³-hybridized carbons (Fsp3) is 0.667. The second-order valence-electron chi connectivity index (χ2n) is 4.24. The number of aromatic nitrogens is 2. The Labute approximate surface area is 71.3 Å². The van der Waals surface area contributed by atoms with Gasteiger partial charge in [-0.3, -0.25) is 5.10 Å². The number of nitrogen functional groups attached to an aromatic ring is 1. The van der Waals surface area contributed by atoms with Crippen molar-refractivity contribution in [3.05, 3.63) is 11.3 Å². The van der Waals surface area contributed by atoms with E-state index in [0.717, 1.165) is 12.2 Å². The number of rotatable bonds is 0. The molecule has 2 aliphatic carbocycles. The highest BCUT2D eigenvalue weighted by molar-refractivity contribution is 5.44. The maximum Gasteiger partial charge on any atom is 0.148 e. The molecule has 0 unspecified atom stereocenters. The second kappa shape index (κ2) is 1.84. The molecule has 1 heterocycles. The number of nitrogens with two attached hydrogens (primary N) is 1. The Balaban J connectivity index is 2.04. The standard InChI is InChI=1S/C9H13N3/c10-8-6-5-9(3-4-9)2-1-7(6)11-12-8/h1-5H2,(H3,10,11,12). The second-order valence-corrected chi connectivity index (χ2v) is 4.24. The van der Waals surface area contributed by atoms with Crippen molar-refractivity contribution < 1.29 is 0 Å². The summed E-state index contributed by atoms with van der Waals surface area (Å²) >= 11 is 0.